The van der Waals surface area contributed by atoms with Crippen molar-refractivity contribution >= 4 is 5.78 Å². The molecule has 0 atom stereocenters. The molecule has 2 aromatic carbocycles. The molecule has 0 radical (unpaired) electrons. The van der Waals surface area contributed by atoms with Gasteiger partial charge >= 0.3 is 0 Å². The van der Waals surface area contributed by atoms with Crippen LogP contribution in [0, 0.1) is 20.8 Å². The number of aryl methyl sites for hydroxylation is 3. The van der Waals surface area contributed by atoms with E-state index in [0.29, 0.717) is 11.5 Å². The molecule has 0 bridgehead atoms. The highest BCUT2D eigenvalue weighted by Gasteiger charge is 2.16. The van der Waals surface area contributed by atoms with Crippen molar-refractivity contribution in [3.8, 4) is 33.9 Å². The Morgan fingerprint density at radius 1 is 0.844 bits per heavy atom. The summed E-state index contributed by atoms with van der Waals surface area (Å²) >= 11 is 0. The molecule has 1 aromatic heterocycles. The fraction of sp³-hybridized carbons (Fsp3) is 0.154. The smallest absolute Gasteiger partial charge is 0.265 e. The fourth-order valence-electron chi connectivity index (χ4n) is 3.63. The second-order valence-electron chi connectivity index (χ2n) is 8.03. The molecule has 0 N–H and O–H groups in total. The normalized spacial score (nSPS) is 11.2. The van der Waals surface area contributed by atoms with Gasteiger partial charge in [0.2, 0.25) is 5.78 Å². The molecule has 0 spiro atoms. The van der Waals surface area contributed by atoms with Crippen LogP contribution in [0.1, 0.15) is 27.5 Å². The molecule has 0 amide bonds. The van der Waals surface area contributed by atoms with Crippen molar-refractivity contribution in [3.63, 3.8) is 0 Å². The van der Waals surface area contributed by atoms with Gasteiger partial charge in [0.05, 0.1) is 17.9 Å². The molecular formula is C26H22N4O2. The summed E-state index contributed by atoms with van der Waals surface area (Å²) in [6, 6.07) is 16.6. The van der Waals surface area contributed by atoms with Crippen LogP contribution in [-0.4, -0.2) is 25.3 Å². The zero-order valence-electron chi connectivity index (χ0n) is 18.2. The molecule has 32 heavy (non-hydrogen) atoms. The summed E-state index contributed by atoms with van der Waals surface area (Å²) in [7, 11) is 0. The number of rotatable bonds is 5. The number of aromatic nitrogens is 4. The van der Waals surface area contributed by atoms with Crippen LogP contribution < -0.4 is 0 Å². The van der Waals surface area contributed by atoms with Crippen molar-refractivity contribution in [1.82, 2.24) is 19.5 Å². The maximum Gasteiger partial charge on any atom is 0.265 e. The van der Waals surface area contributed by atoms with E-state index in [1.54, 1.807) is 11.5 Å². The number of carbonyl (C=O) groups is 1. The van der Waals surface area contributed by atoms with Crippen LogP contribution in [0.3, 0.4) is 0 Å². The van der Waals surface area contributed by atoms with Crippen molar-refractivity contribution in [2.75, 3.05) is 0 Å². The number of ketones is 1. The second kappa shape index (κ2) is 7.89. The quantitative estimate of drug-likeness (QED) is 0.349. The third-order valence-corrected chi connectivity index (χ3v) is 5.59. The highest BCUT2D eigenvalue weighted by molar-refractivity contribution is 5.91. The summed E-state index contributed by atoms with van der Waals surface area (Å²) < 4.78 is 6.97. The molecule has 3 aromatic rings. The third kappa shape index (κ3) is 3.83. The summed E-state index contributed by atoms with van der Waals surface area (Å²) in [5, 5.41) is 0. The molecule has 6 heteroatoms. The van der Waals surface area contributed by atoms with E-state index in [0.717, 1.165) is 22.5 Å². The first-order chi connectivity index (χ1) is 15.5. The van der Waals surface area contributed by atoms with E-state index >= 15 is 0 Å². The first-order valence-electron chi connectivity index (χ1n) is 10.4. The molecule has 2 aliphatic rings. The van der Waals surface area contributed by atoms with Crippen LogP contribution >= 0.6 is 0 Å². The van der Waals surface area contributed by atoms with Gasteiger partial charge in [-0.2, -0.15) is 0 Å². The summed E-state index contributed by atoms with van der Waals surface area (Å²) in [5.41, 5.74) is 8.08. The van der Waals surface area contributed by atoms with Gasteiger partial charge in [-0.1, -0.05) is 42.5 Å². The van der Waals surface area contributed by atoms with Crippen molar-refractivity contribution in [2.24, 2.45) is 0 Å². The minimum absolute atomic E-state index is 0.119. The first-order valence-corrected chi connectivity index (χ1v) is 10.4. The lowest BCUT2D eigenvalue weighted by atomic mass is 9.99. The highest BCUT2D eigenvalue weighted by Crippen LogP contribution is 2.28. The SMILES string of the molecule is Cc1coc(C(=O)Cn2ccc3nc(-c4ccc(-c5ccc(C)c(C)c5)cc4)nc-3c2)n1. The number of fused-ring (bicyclic) bond motifs is 1. The van der Waals surface area contributed by atoms with Crippen molar-refractivity contribution in [2.45, 2.75) is 27.3 Å². The van der Waals surface area contributed by atoms with Gasteiger partial charge in [-0.15, -0.1) is 0 Å². The lowest BCUT2D eigenvalue weighted by Crippen LogP contribution is -2.11. The van der Waals surface area contributed by atoms with E-state index in [1.165, 1.54) is 23.0 Å². The Hall–Kier alpha value is -4.06. The molecule has 6 nitrogen and oxygen atoms in total. The number of oxazole rings is 1. The molecule has 0 saturated heterocycles. The Morgan fingerprint density at radius 3 is 2.28 bits per heavy atom. The summed E-state index contributed by atoms with van der Waals surface area (Å²) in [6.07, 6.45) is 5.11. The zero-order chi connectivity index (χ0) is 22.2. The highest BCUT2D eigenvalue weighted by atomic mass is 16.3. The molecule has 0 fully saturated rings. The summed E-state index contributed by atoms with van der Waals surface area (Å²) in [5.74, 6) is 0.594. The minimum atomic E-state index is -0.191. The van der Waals surface area contributed by atoms with E-state index < -0.39 is 0 Å². The number of benzene rings is 2. The number of Topliss-reactive ketones (excluding diaryl/α,β-unsaturated/α-hetero) is 1. The molecule has 2 aliphatic heterocycles. The summed E-state index contributed by atoms with van der Waals surface area (Å²) in [4.78, 5) is 25.8. The number of imidazole rings is 1. The standard InChI is InChI=1S/C26H22N4O2/c1-16-4-5-21(12-17(16)2)19-6-8-20(9-7-19)25-28-22-10-11-30(13-23(22)29-25)14-24(31)26-27-18(3)15-32-26/h4-13,15H,14H2,1-3H3. The van der Waals surface area contributed by atoms with E-state index in [2.05, 4.69) is 59.1 Å². The van der Waals surface area contributed by atoms with Gasteiger partial charge in [0.15, 0.2) is 5.82 Å². The van der Waals surface area contributed by atoms with Crippen LogP contribution in [0.2, 0.25) is 0 Å². The third-order valence-electron chi connectivity index (χ3n) is 5.59. The van der Waals surface area contributed by atoms with Crippen molar-refractivity contribution in [3.05, 3.63) is 89.9 Å². The van der Waals surface area contributed by atoms with Gasteiger partial charge in [0, 0.05) is 18.0 Å². The monoisotopic (exact) mass is 422 g/mol. The minimum Gasteiger partial charge on any atom is -0.442 e. The van der Waals surface area contributed by atoms with Gasteiger partial charge in [0.25, 0.3) is 5.89 Å². The van der Waals surface area contributed by atoms with Gasteiger partial charge < -0.3 is 8.98 Å². The molecular weight excluding hydrogens is 400 g/mol. The van der Waals surface area contributed by atoms with E-state index in [-0.39, 0.29) is 18.2 Å². The Morgan fingerprint density at radius 2 is 1.56 bits per heavy atom. The largest absolute Gasteiger partial charge is 0.442 e. The molecule has 3 heterocycles. The molecule has 0 aliphatic carbocycles. The number of hydrogen-bond acceptors (Lipinski definition) is 5. The van der Waals surface area contributed by atoms with Crippen LogP contribution in [0.5, 0.6) is 0 Å². The van der Waals surface area contributed by atoms with E-state index in [1.807, 2.05) is 30.6 Å². The van der Waals surface area contributed by atoms with E-state index in [4.69, 9.17) is 4.42 Å². The van der Waals surface area contributed by atoms with Gasteiger partial charge in [0.1, 0.15) is 12.0 Å². The van der Waals surface area contributed by atoms with Gasteiger partial charge in [-0.05, 0) is 49.1 Å². The van der Waals surface area contributed by atoms with Crippen molar-refractivity contribution in [1.29, 1.82) is 0 Å². The number of hydrogen-bond donors (Lipinski definition) is 0. The molecule has 0 saturated carbocycles. The maximum absolute atomic E-state index is 12.4. The maximum atomic E-state index is 12.4. The number of nitrogens with zero attached hydrogens (tertiary/aromatic N) is 4. The Balaban J connectivity index is 1.38. The lowest BCUT2D eigenvalue weighted by Gasteiger charge is -2.06. The fourth-order valence-corrected chi connectivity index (χ4v) is 3.63. The second-order valence-corrected chi connectivity index (χ2v) is 8.03. The average molecular weight is 422 g/mol. The molecule has 0 unspecified atom stereocenters. The first kappa shape index (κ1) is 19.9. The Kier molecular flexibility index (Phi) is 4.90. The topological polar surface area (TPSA) is 73.8 Å². The zero-order valence-corrected chi connectivity index (χ0v) is 18.2. The van der Waals surface area contributed by atoms with Crippen molar-refractivity contribution < 1.29 is 9.21 Å². The van der Waals surface area contributed by atoms with Gasteiger partial charge in [-0.3, -0.25) is 4.79 Å². The predicted molar refractivity (Wildman–Crippen MR) is 123 cm³/mol. The number of carbonyl (C=O) groups excluding carboxylic acids is 1. The lowest BCUT2D eigenvalue weighted by molar-refractivity contribution is 0.0938. The molecule has 158 valence electrons. The van der Waals surface area contributed by atoms with Crippen LogP contribution in [0.15, 0.2) is 71.6 Å². The van der Waals surface area contributed by atoms with Crippen LogP contribution in [-0.2, 0) is 6.54 Å². The Labute approximate surface area is 185 Å². The average Bonchev–Trinajstić information content (AvgIpc) is 3.42. The van der Waals surface area contributed by atoms with E-state index in [9.17, 15) is 4.79 Å². The summed E-state index contributed by atoms with van der Waals surface area (Å²) in [6.45, 7) is 6.16. The number of pyridine rings is 1. The van der Waals surface area contributed by atoms with Crippen LogP contribution in [0.4, 0.5) is 0 Å². The Bertz CT molecular complexity index is 1400. The van der Waals surface area contributed by atoms with Gasteiger partial charge in [-0.25, -0.2) is 15.0 Å². The predicted octanol–water partition coefficient (Wildman–Crippen LogP) is 5.51. The van der Waals surface area contributed by atoms with Crippen LogP contribution in [0.25, 0.3) is 33.9 Å². The molecule has 5 rings (SSSR count).